The predicted molar refractivity (Wildman–Crippen MR) is 111 cm³/mol. The van der Waals surface area contributed by atoms with Crippen molar-refractivity contribution in [3.05, 3.63) is 57.8 Å². The molecule has 0 spiro atoms. The van der Waals surface area contributed by atoms with Crippen molar-refractivity contribution in [2.75, 3.05) is 0 Å². The molecule has 0 aliphatic rings. The topological polar surface area (TPSA) is 41.0 Å². The van der Waals surface area contributed by atoms with Gasteiger partial charge in [0.15, 0.2) is 0 Å². The summed E-state index contributed by atoms with van der Waals surface area (Å²) in [6, 6.07) is 0. The van der Waals surface area contributed by atoms with Crippen LogP contribution in [0.4, 0.5) is 0 Å². The minimum atomic E-state index is 0.936. The lowest BCUT2D eigenvalue weighted by atomic mass is 10.1. The molecule has 0 atom stereocenters. The Morgan fingerprint density at radius 1 is 1.36 bits per heavy atom. The van der Waals surface area contributed by atoms with Gasteiger partial charge in [0.1, 0.15) is 5.01 Å². The molecular formula is C21H27N3S. The van der Waals surface area contributed by atoms with Crippen LogP contribution in [-0.2, 0) is 0 Å². The highest BCUT2D eigenvalue weighted by Crippen LogP contribution is 2.30. The summed E-state index contributed by atoms with van der Waals surface area (Å²) >= 11 is 1.66. The third-order valence-electron chi connectivity index (χ3n) is 3.81. The summed E-state index contributed by atoms with van der Waals surface area (Å²) in [6.07, 6.45) is 9.97. The molecule has 0 aliphatic carbocycles. The third-order valence-corrected chi connectivity index (χ3v) is 4.70. The average molecular weight is 354 g/mol. The molecular weight excluding hydrogens is 326 g/mol. The summed E-state index contributed by atoms with van der Waals surface area (Å²) in [5, 5.41) is 3.12. The van der Waals surface area contributed by atoms with Crippen molar-refractivity contribution >= 4 is 23.1 Å². The third kappa shape index (κ3) is 4.89. The van der Waals surface area contributed by atoms with Crippen molar-refractivity contribution < 1.29 is 0 Å². The van der Waals surface area contributed by atoms with Gasteiger partial charge in [-0.05, 0) is 40.2 Å². The van der Waals surface area contributed by atoms with Gasteiger partial charge in [0, 0.05) is 34.6 Å². The Balaban J connectivity index is 2.43. The van der Waals surface area contributed by atoms with Crippen LogP contribution >= 0.6 is 11.3 Å². The standard InChI is InChI=1S/C21H27N3S/c1-7-9-19(23-11-14(3)4)21-24-20(13-25-21)18-12-22-16(6)17(18)10-15(5)8-2/h8,10-13,22H,2,7,9H2,1,3-6H3/b15-10-,23-19?. The maximum absolute atomic E-state index is 4.87. The SMILES string of the molecule is C=C/C(C)=C\c1c(-c2csc(C(CCC)=NC=C(C)C)n2)c[nH]c1C. The number of aliphatic imine (C=N–C) groups is 1. The highest BCUT2D eigenvalue weighted by Gasteiger charge is 2.14. The molecule has 2 aromatic heterocycles. The first-order valence-corrected chi connectivity index (χ1v) is 9.49. The van der Waals surface area contributed by atoms with E-state index in [-0.39, 0.29) is 0 Å². The van der Waals surface area contributed by atoms with E-state index in [4.69, 9.17) is 4.98 Å². The molecule has 0 unspecified atom stereocenters. The molecule has 1 N–H and O–H groups in total. The quantitative estimate of drug-likeness (QED) is 0.445. The van der Waals surface area contributed by atoms with Crippen LogP contribution in [0.5, 0.6) is 0 Å². The number of rotatable bonds is 7. The van der Waals surface area contributed by atoms with Gasteiger partial charge in [-0.25, -0.2) is 4.98 Å². The predicted octanol–water partition coefficient (Wildman–Crippen LogP) is 6.55. The van der Waals surface area contributed by atoms with Gasteiger partial charge in [0.05, 0.1) is 11.4 Å². The molecule has 0 amide bonds. The normalized spacial score (nSPS) is 12.4. The van der Waals surface area contributed by atoms with E-state index in [0.29, 0.717) is 0 Å². The zero-order valence-electron chi connectivity index (χ0n) is 15.8. The number of thiazole rings is 1. The van der Waals surface area contributed by atoms with E-state index in [9.17, 15) is 0 Å². The van der Waals surface area contributed by atoms with E-state index in [1.165, 1.54) is 11.1 Å². The molecule has 0 saturated carbocycles. The minimum absolute atomic E-state index is 0.936. The van der Waals surface area contributed by atoms with E-state index in [1.54, 1.807) is 11.3 Å². The van der Waals surface area contributed by atoms with Gasteiger partial charge < -0.3 is 4.98 Å². The molecule has 2 aromatic rings. The molecule has 0 aromatic carbocycles. The fourth-order valence-electron chi connectivity index (χ4n) is 2.42. The molecule has 0 aliphatic heterocycles. The van der Waals surface area contributed by atoms with Gasteiger partial charge in [-0.2, -0.15) is 0 Å². The highest BCUT2D eigenvalue weighted by molar-refractivity contribution is 7.12. The van der Waals surface area contributed by atoms with Crippen molar-refractivity contribution in [3.8, 4) is 11.3 Å². The van der Waals surface area contributed by atoms with Crippen LogP contribution in [0.2, 0.25) is 0 Å². The Morgan fingerprint density at radius 2 is 2.12 bits per heavy atom. The Bertz CT molecular complexity index is 827. The van der Waals surface area contributed by atoms with E-state index in [1.807, 2.05) is 18.5 Å². The first-order chi connectivity index (χ1) is 12.0. The summed E-state index contributed by atoms with van der Waals surface area (Å²) in [5.74, 6) is 0. The Kier molecular flexibility index (Phi) is 6.71. The number of H-pyrrole nitrogens is 1. The Hall–Kier alpha value is -2.20. The summed E-state index contributed by atoms with van der Waals surface area (Å²) < 4.78 is 0. The van der Waals surface area contributed by atoms with Crippen molar-refractivity contribution in [2.45, 2.75) is 47.5 Å². The van der Waals surface area contributed by atoms with Crippen LogP contribution in [0.1, 0.15) is 56.8 Å². The molecule has 2 rings (SSSR count). The number of hydrogen-bond acceptors (Lipinski definition) is 3. The molecule has 0 fully saturated rings. The molecule has 0 radical (unpaired) electrons. The number of hydrogen-bond donors (Lipinski definition) is 1. The second kappa shape index (κ2) is 8.77. The number of allylic oxidation sites excluding steroid dienone is 3. The summed E-state index contributed by atoms with van der Waals surface area (Å²) in [7, 11) is 0. The van der Waals surface area contributed by atoms with Gasteiger partial charge in [0.25, 0.3) is 0 Å². The fraction of sp³-hybridized carbons (Fsp3) is 0.333. The lowest BCUT2D eigenvalue weighted by Crippen LogP contribution is -1.99. The molecule has 132 valence electrons. The van der Waals surface area contributed by atoms with Gasteiger partial charge >= 0.3 is 0 Å². The molecule has 2 heterocycles. The number of aromatic amines is 1. The van der Waals surface area contributed by atoms with E-state index < -0.39 is 0 Å². The minimum Gasteiger partial charge on any atom is -0.364 e. The Morgan fingerprint density at radius 3 is 2.76 bits per heavy atom. The van der Waals surface area contributed by atoms with Crippen LogP contribution in [0.15, 0.2) is 46.6 Å². The number of aryl methyl sites for hydroxylation is 1. The first kappa shape index (κ1) is 19.1. The second-order valence-corrected chi connectivity index (χ2v) is 7.26. The maximum Gasteiger partial charge on any atom is 0.138 e. The van der Waals surface area contributed by atoms with E-state index in [0.717, 1.165) is 46.1 Å². The lowest BCUT2D eigenvalue weighted by Gasteiger charge is -2.01. The van der Waals surface area contributed by atoms with Crippen molar-refractivity contribution in [3.63, 3.8) is 0 Å². The van der Waals surface area contributed by atoms with Crippen molar-refractivity contribution in [1.82, 2.24) is 9.97 Å². The van der Waals surface area contributed by atoms with E-state index >= 15 is 0 Å². The number of nitrogens with one attached hydrogen (secondary N) is 1. The smallest absolute Gasteiger partial charge is 0.138 e. The number of nitrogens with zero attached hydrogens (tertiary/aromatic N) is 2. The highest BCUT2D eigenvalue weighted by atomic mass is 32.1. The summed E-state index contributed by atoms with van der Waals surface area (Å²) in [5.41, 5.74) is 7.82. The van der Waals surface area contributed by atoms with Gasteiger partial charge in [-0.15, -0.1) is 11.3 Å². The van der Waals surface area contributed by atoms with Crippen molar-refractivity contribution in [2.24, 2.45) is 4.99 Å². The monoisotopic (exact) mass is 353 g/mol. The van der Waals surface area contributed by atoms with Crippen LogP contribution in [0.3, 0.4) is 0 Å². The molecule has 0 saturated heterocycles. The Labute approximate surface area is 154 Å². The summed E-state index contributed by atoms with van der Waals surface area (Å²) in [4.78, 5) is 12.8. The second-order valence-electron chi connectivity index (χ2n) is 6.40. The zero-order chi connectivity index (χ0) is 18.4. The largest absolute Gasteiger partial charge is 0.364 e. The molecule has 0 bridgehead atoms. The van der Waals surface area contributed by atoms with Crippen LogP contribution in [0, 0.1) is 6.92 Å². The molecule has 25 heavy (non-hydrogen) atoms. The van der Waals surface area contributed by atoms with Crippen LogP contribution < -0.4 is 0 Å². The molecule has 4 heteroatoms. The van der Waals surface area contributed by atoms with Gasteiger partial charge in [-0.1, -0.05) is 37.1 Å². The summed E-state index contributed by atoms with van der Waals surface area (Å²) in [6.45, 7) is 14.3. The zero-order valence-corrected chi connectivity index (χ0v) is 16.6. The molecule has 3 nitrogen and oxygen atoms in total. The van der Waals surface area contributed by atoms with Gasteiger partial charge in [0.2, 0.25) is 0 Å². The van der Waals surface area contributed by atoms with Crippen LogP contribution in [-0.4, -0.2) is 15.7 Å². The maximum atomic E-state index is 4.87. The number of aromatic nitrogens is 2. The van der Waals surface area contributed by atoms with Crippen molar-refractivity contribution in [1.29, 1.82) is 0 Å². The fourth-order valence-corrected chi connectivity index (χ4v) is 3.27. The van der Waals surface area contributed by atoms with Gasteiger partial charge in [-0.3, -0.25) is 4.99 Å². The van der Waals surface area contributed by atoms with Crippen LogP contribution in [0.25, 0.3) is 17.3 Å². The first-order valence-electron chi connectivity index (χ1n) is 8.61. The average Bonchev–Trinajstić information content (AvgIpc) is 3.19. The lowest BCUT2D eigenvalue weighted by molar-refractivity contribution is 0.989. The van der Waals surface area contributed by atoms with E-state index in [2.05, 4.69) is 62.6 Å².